The van der Waals surface area contributed by atoms with Gasteiger partial charge in [0.25, 0.3) is 0 Å². The lowest BCUT2D eigenvalue weighted by Crippen LogP contribution is -2.11. The molecule has 0 fully saturated rings. The number of fused-ring (bicyclic) bond motifs is 1. The Labute approximate surface area is 142 Å². The van der Waals surface area contributed by atoms with Crippen LogP contribution in [0.25, 0.3) is 10.9 Å². The predicted molar refractivity (Wildman–Crippen MR) is 88.8 cm³/mol. The Balaban J connectivity index is 2.10. The zero-order valence-electron chi connectivity index (χ0n) is 12.7. The number of carboxylic acids is 1. The number of halogens is 1. The minimum atomic E-state index is -1.05. The fourth-order valence-corrected chi connectivity index (χ4v) is 2.61. The van der Waals surface area contributed by atoms with Gasteiger partial charge in [-0.25, -0.2) is 0 Å². The highest BCUT2D eigenvalue weighted by atomic mass is 35.5. The molecule has 0 radical (unpaired) electrons. The summed E-state index contributed by atoms with van der Waals surface area (Å²) in [6.45, 7) is -0.354. The lowest BCUT2D eigenvalue weighted by atomic mass is 10.1. The second kappa shape index (κ2) is 6.33. The molecule has 3 rings (SSSR count). The van der Waals surface area contributed by atoms with Crippen LogP contribution < -0.4 is 4.74 Å². The molecule has 0 bridgehead atoms. The first-order valence-corrected chi connectivity index (χ1v) is 7.44. The standard InChI is InChI=1S/C17H13ClN2O4/c1-24-12-5-2-10(3-6-12)17(23)16-13-7-4-11(18)8-14(13)20(19-16)9-15(21)22/h2-8H,9H2,1H3,(H,21,22). The summed E-state index contributed by atoms with van der Waals surface area (Å²) >= 11 is 5.98. The van der Waals surface area contributed by atoms with Gasteiger partial charge in [-0.05, 0) is 42.5 Å². The summed E-state index contributed by atoms with van der Waals surface area (Å²) in [6, 6.07) is 11.5. The van der Waals surface area contributed by atoms with Gasteiger partial charge in [0.2, 0.25) is 5.78 Å². The molecule has 0 saturated carbocycles. The van der Waals surface area contributed by atoms with Gasteiger partial charge in [-0.1, -0.05) is 11.6 Å². The smallest absolute Gasteiger partial charge is 0.325 e. The third-order valence-electron chi connectivity index (χ3n) is 3.57. The molecule has 0 aliphatic carbocycles. The van der Waals surface area contributed by atoms with Crippen molar-refractivity contribution in [1.82, 2.24) is 9.78 Å². The van der Waals surface area contributed by atoms with E-state index in [9.17, 15) is 9.59 Å². The average molecular weight is 345 g/mol. The molecular formula is C17H13ClN2O4. The van der Waals surface area contributed by atoms with Crippen molar-refractivity contribution in [2.24, 2.45) is 0 Å². The van der Waals surface area contributed by atoms with E-state index >= 15 is 0 Å². The van der Waals surface area contributed by atoms with Crippen molar-refractivity contribution in [2.75, 3.05) is 7.11 Å². The second-order valence-corrected chi connectivity index (χ2v) is 5.56. The highest BCUT2D eigenvalue weighted by Crippen LogP contribution is 2.25. The molecule has 3 aromatic rings. The Hall–Kier alpha value is -2.86. The van der Waals surface area contributed by atoms with E-state index in [0.29, 0.717) is 27.2 Å². The van der Waals surface area contributed by atoms with Gasteiger partial charge in [0, 0.05) is 16.0 Å². The van der Waals surface area contributed by atoms with Crippen LogP contribution in [0.15, 0.2) is 42.5 Å². The van der Waals surface area contributed by atoms with E-state index in [4.69, 9.17) is 21.4 Å². The van der Waals surface area contributed by atoms with Crippen molar-refractivity contribution in [1.29, 1.82) is 0 Å². The maximum absolute atomic E-state index is 12.7. The zero-order chi connectivity index (χ0) is 17.3. The maximum Gasteiger partial charge on any atom is 0.325 e. The summed E-state index contributed by atoms with van der Waals surface area (Å²) in [5.74, 6) is -0.712. The number of aromatic nitrogens is 2. The van der Waals surface area contributed by atoms with E-state index in [1.165, 1.54) is 4.68 Å². The van der Waals surface area contributed by atoms with Gasteiger partial charge in [0.1, 0.15) is 18.0 Å². The Morgan fingerprint density at radius 2 is 1.92 bits per heavy atom. The van der Waals surface area contributed by atoms with Crippen LogP contribution in [-0.4, -0.2) is 33.7 Å². The van der Waals surface area contributed by atoms with Crippen molar-refractivity contribution in [3.05, 3.63) is 58.7 Å². The number of aliphatic carboxylic acids is 1. The molecule has 24 heavy (non-hydrogen) atoms. The predicted octanol–water partition coefficient (Wildman–Crippen LogP) is 3.01. The minimum Gasteiger partial charge on any atom is -0.497 e. The second-order valence-electron chi connectivity index (χ2n) is 5.12. The third-order valence-corrected chi connectivity index (χ3v) is 3.80. The first-order valence-electron chi connectivity index (χ1n) is 7.06. The molecule has 1 N–H and O–H groups in total. The molecule has 7 heteroatoms. The molecule has 0 amide bonds. The van der Waals surface area contributed by atoms with Gasteiger partial charge >= 0.3 is 5.97 Å². The highest BCUT2D eigenvalue weighted by Gasteiger charge is 2.20. The maximum atomic E-state index is 12.7. The van der Waals surface area contributed by atoms with Crippen molar-refractivity contribution < 1.29 is 19.4 Å². The summed E-state index contributed by atoms with van der Waals surface area (Å²) in [4.78, 5) is 23.8. The lowest BCUT2D eigenvalue weighted by Gasteiger charge is -2.01. The van der Waals surface area contributed by atoms with Crippen molar-refractivity contribution in [3.8, 4) is 5.75 Å². The average Bonchev–Trinajstić information content (AvgIpc) is 2.91. The number of methoxy groups -OCH3 is 1. The SMILES string of the molecule is COc1ccc(C(=O)c2nn(CC(=O)O)c3cc(Cl)ccc23)cc1. The molecule has 1 heterocycles. The number of benzene rings is 2. The summed E-state index contributed by atoms with van der Waals surface area (Å²) in [5.41, 5.74) is 1.13. The largest absolute Gasteiger partial charge is 0.497 e. The Morgan fingerprint density at radius 3 is 2.54 bits per heavy atom. The van der Waals surface area contributed by atoms with Crippen LogP contribution in [0.2, 0.25) is 5.02 Å². The number of rotatable bonds is 5. The molecule has 0 aliphatic rings. The van der Waals surface area contributed by atoms with E-state index in [1.54, 1.807) is 49.6 Å². The zero-order valence-corrected chi connectivity index (χ0v) is 13.4. The number of carbonyl (C=O) groups is 2. The molecule has 1 aromatic heterocycles. The van der Waals surface area contributed by atoms with E-state index in [1.807, 2.05) is 0 Å². The normalized spacial score (nSPS) is 10.8. The number of carbonyl (C=O) groups excluding carboxylic acids is 1. The topological polar surface area (TPSA) is 81.4 Å². The van der Waals surface area contributed by atoms with Gasteiger partial charge in [-0.15, -0.1) is 0 Å². The van der Waals surface area contributed by atoms with E-state index in [-0.39, 0.29) is 18.0 Å². The van der Waals surface area contributed by atoms with Crippen LogP contribution in [0.3, 0.4) is 0 Å². The van der Waals surface area contributed by atoms with Crippen molar-refractivity contribution in [3.63, 3.8) is 0 Å². The summed E-state index contributed by atoms with van der Waals surface area (Å²) in [7, 11) is 1.54. The molecule has 0 aliphatic heterocycles. The number of hydrogen-bond acceptors (Lipinski definition) is 4. The molecular weight excluding hydrogens is 332 g/mol. The number of hydrogen-bond donors (Lipinski definition) is 1. The van der Waals surface area contributed by atoms with E-state index in [2.05, 4.69) is 5.10 Å². The highest BCUT2D eigenvalue weighted by molar-refractivity contribution is 6.31. The third kappa shape index (κ3) is 2.96. The molecule has 0 unspecified atom stereocenters. The van der Waals surface area contributed by atoms with Crippen LogP contribution in [0, 0.1) is 0 Å². The molecule has 0 spiro atoms. The van der Waals surface area contributed by atoms with Crippen molar-refractivity contribution >= 4 is 34.3 Å². The van der Waals surface area contributed by atoms with Gasteiger partial charge in [0.05, 0.1) is 12.6 Å². The van der Waals surface area contributed by atoms with Gasteiger partial charge < -0.3 is 9.84 Å². The Bertz CT molecular complexity index is 932. The molecule has 122 valence electrons. The van der Waals surface area contributed by atoms with E-state index < -0.39 is 5.97 Å². The van der Waals surface area contributed by atoms with Crippen LogP contribution in [0.5, 0.6) is 5.75 Å². The fraction of sp³-hybridized carbons (Fsp3) is 0.118. The van der Waals surface area contributed by atoms with Crippen molar-refractivity contribution in [2.45, 2.75) is 6.54 Å². The molecule has 0 atom stereocenters. The first kappa shape index (κ1) is 16.0. The lowest BCUT2D eigenvalue weighted by molar-refractivity contribution is -0.137. The molecule has 2 aromatic carbocycles. The Morgan fingerprint density at radius 1 is 1.21 bits per heavy atom. The number of ether oxygens (including phenoxy) is 1. The Kier molecular flexibility index (Phi) is 4.22. The molecule has 0 saturated heterocycles. The van der Waals surface area contributed by atoms with Crippen LogP contribution in [-0.2, 0) is 11.3 Å². The minimum absolute atomic E-state index is 0.188. The van der Waals surface area contributed by atoms with Gasteiger partial charge in [-0.3, -0.25) is 14.3 Å². The van der Waals surface area contributed by atoms with Crippen LogP contribution in [0.1, 0.15) is 16.1 Å². The number of ketones is 1. The van der Waals surface area contributed by atoms with Crippen LogP contribution >= 0.6 is 11.6 Å². The van der Waals surface area contributed by atoms with E-state index in [0.717, 1.165) is 0 Å². The fourth-order valence-electron chi connectivity index (χ4n) is 2.44. The summed E-state index contributed by atoms with van der Waals surface area (Å²) < 4.78 is 6.34. The number of carboxylic acid groups (broad SMARTS) is 1. The first-order chi connectivity index (χ1) is 11.5. The quantitative estimate of drug-likeness (QED) is 0.719. The summed E-state index contributed by atoms with van der Waals surface area (Å²) in [6.07, 6.45) is 0. The monoisotopic (exact) mass is 344 g/mol. The van der Waals surface area contributed by atoms with Gasteiger partial charge in [0.15, 0.2) is 0 Å². The van der Waals surface area contributed by atoms with Gasteiger partial charge in [-0.2, -0.15) is 5.10 Å². The number of nitrogens with zero attached hydrogens (tertiary/aromatic N) is 2. The molecule has 6 nitrogen and oxygen atoms in total. The summed E-state index contributed by atoms with van der Waals surface area (Å²) in [5, 5.41) is 14.2. The van der Waals surface area contributed by atoms with Crippen LogP contribution in [0.4, 0.5) is 0 Å².